The van der Waals surface area contributed by atoms with Gasteiger partial charge in [0.05, 0.1) is 16.4 Å². The minimum Gasteiger partial charge on any atom is -0.455 e. The van der Waals surface area contributed by atoms with E-state index in [0.717, 1.165) is 88.3 Å². The van der Waals surface area contributed by atoms with Gasteiger partial charge >= 0.3 is 6.85 Å². The first-order chi connectivity index (χ1) is 22.8. The molecule has 0 aliphatic carbocycles. The van der Waals surface area contributed by atoms with Crippen LogP contribution in [0.25, 0.3) is 105 Å². The molecule has 5 nitrogen and oxygen atoms in total. The number of benzene rings is 6. The number of nitrogens with zero attached hydrogens (tertiary/aromatic N) is 2. The first-order valence-corrected chi connectivity index (χ1v) is 15.7. The van der Waals surface area contributed by atoms with Crippen LogP contribution < -0.4 is 10.9 Å². The summed E-state index contributed by atoms with van der Waals surface area (Å²) in [6.07, 6.45) is 0. The molecule has 0 spiro atoms. The monoisotopic (exact) mass is 586 g/mol. The van der Waals surface area contributed by atoms with Gasteiger partial charge in [0, 0.05) is 54.6 Å². The van der Waals surface area contributed by atoms with Crippen molar-refractivity contribution < 1.29 is 13.3 Å². The molecule has 5 aromatic heterocycles. The summed E-state index contributed by atoms with van der Waals surface area (Å²) in [4.78, 5) is 0. The van der Waals surface area contributed by atoms with E-state index in [1.54, 1.807) is 0 Å². The van der Waals surface area contributed by atoms with Crippen LogP contribution >= 0.6 is 0 Å². The third kappa shape index (κ3) is 2.26. The third-order valence-electron chi connectivity index (χ3n) is 10.7. The van der Waals surface area contributed by atoms with Gasteiger partial charge < -0.3 is 17.7 Å². The smallest absolute Gasteiger partial charge is 0.333 e. The fourth-order valence-electron chi connectivity index (χ4n) is 9.04. The van der Waals surface area contributed by atoms with Crippen LogP contribution in [0.5, 0.6) is 0 Å². The third-order valence-corrected chi connectivity index (χ3v) is 10.7. The van der Waals surface area contributed by atoms with E-state index in [1.165, 1.54) is 27.3 Å². The van der Waals surface area contributed by atoms with Gasteiger partial charge in [0.25, 0.3) is 0 Å². The molecular weight excluding hydrogens is 567 g/mol. The number of rotatable bonds is 0. The predicted octanol–water partition coefficient (Wildman–Crippen LogP) is 9.23. The van der Waals surface area contributed by atoms with E-state index >= 15 is 0 Å². The molecule has 0 bridgehead atoms. The summed E-state index contributed by atoms with van der Waals surface area (Å²) >= 11 is 0. The molecule has 0 radical (unpaired) electrons. The molecule has 210 valence electrons. The highest BCUT2D eigenvalue weighted by Gasteiger charge is 2.44. The Balaban J connectivity index is 1.35. The van der Waals surface area contributed by atoms with Gasteiger partial charge in [-0.05, 0) is 47.3 Å². The molecule has 11 aromatic rings. The predicted molar refractivity (Wildman–Crippen MR) is 186 cm³/mol. The lowest BCUT2D eigenvalue weighted by Crippen LogP contribution is -2.55. The van der Waals surface area contributed by atoms with Gasteiger partial charge in [-0.3, -0.25) is 4.57 Å². The summed E-state index contributed by atoms with van der Waals surface area (Å²) < 4.78 is 25.2. The molecule has 2 aliphatic rings. The normalized spacial score (nSPS) is 13.6. The van der Waals surface area contributed by atoms with Crippen LogP contribution in [0, 0.1) is 0 Å². The number of para-hydroxylation sites is 5. The van der Waals surface area contributed by atoms with Crippen LogP contribution in [0.2, 0.25) is 0 Å². The minimum absolute atomic E-state index is 0.0972. The highest BCUT2D eigenvalue weighted by atomic mass is 16.3. The first-order valence-electron chi connectivity index (χ1n) is 15.7. The van der Waals surface area contributed by atoms with Crippen molar-refractivity contribution in [3.8, 4) is 16.8 Å². The zero-order valence-corrected chi connectivity index (χ0v) is 24.2. The number of fused-ring (bicyclic) bond motifs is 18. The van der Waals surface area contributed by atoms with Crippen molar-refractivity contribution in [2.24, 2.45) is 0 Å². The Labute approximate surface area is 259 Å². The van der Waals surface area contributed by atoms with Crippen LogP contribution in [-0.4, -0.2) is 15.9 Å². The van der Waals surface area contributed by atoms with Crippen LogP contribution in [0.1, 0.15) is 0 Å². The molecule has 0 atom stereocenters. The average Bonchev–Trinajstić information content (AvgIpc) is 3.89. The Kier molecular flexibility index (Phi) is 3.51. The molecule has 0 N–H and O–H groups in total. The maximum Gasteiger partial charge on any atom is 0.333 e. The second kappa shape index (κ2) is 7.22. The van der Waals surface area contributed by atoms with Crippen molar-refractivity contribution in [1.82, 2.24) is 9.05 Å². The van der Waals surface area contributed by atoms with Gasteiger partial charge in [0.2, 0.25) is 5.71 Å². The van der Waals surface area contributed by atoms with E-state index in [9.17, 15) is 0 Å². The summed E-state index contributed by atoms with van der Waals surface area (Å²) in [5.74, 6) is 0. The maximum absolute atomic E-state index is 6.81. The number of hydrogen-bond acceptors (Lipinski definition) is 3. The Hall–Kier alpha value is -6.14. The summed E-state index contributed by atoms with van der Waals surface area (Å²) in [6.45, 7) is -0.0972. The van der Waals surface area contributed by atoms with Crippen LogP contribution in [-0.2, 0) is 0 Å². The largest absolute Gasteiger partial charge is 0.455 e. The molecule has 0 saturated carbocycles. The summed E-state index contributed by atoms with van der Waals surface area (Å²) in [7, 11) is 0. The second-order valence-corrected chi connectivity index (χ2v) is 12.8. The Morgan fingerprint density at radius 2 is 1.17 bits per heavy atom. The van der Waals surface area contributed by atoms with E-state index in [-0.39, 0.29) is 6.85 Å². The quantitative estimate of drug-likeness (QED) is 0.167. The van der Waals surface area contributed by atoms with E-state index in [4.69, 9.17) is 13.3 Å². The number of furan rings is 3. The summed E-state index contributed by atoms with van der Waals surface area (Å²) in [5, 5.41) is 7.98. The van der Waals surface area contributed by atoms with Gasteiger partial charge in [0.1, 0.15) is 22.3 Å². The molecule has 46 heavy (non-hydrogen) atoms. The fourth-order valence-corrected chi connectivity index (χ4v) is 9.04. The lowest BCUT2D eigenvalue weighted by Gasteiger charge is -2.33. The highest BCUT2D eigenvalue weighted by molar-refractivity contribution is 6.90. The molecular formula is C40H19BN2O3. The summed E-state index contributed by atoms with van der Waals surface area (Å²) in [6, 6.07) is 40.9. The first kappa shape index (κ1) is 22.4. The highest BCUT2D eigenvalue weighted by Crippen LogP contribution is 2.49. The Morgan fingerprint density at radius 3 is 2.04 bits per heavy atom. The zero-order chi connectivity index (χ0) is 29.4. The van der Waals surface area contributed by atoms with Gasteiger partial charge in [-0.2, -0.15) is 0 Å². The molecule has 13 rings (SSSR count). The molecule has 6 heteroatoms. The van der Waals surface area contributed by atoms with E-state index in [1.807, 2.05) is 18.2 Å². The van der Waals surface area contributed by atoms with Crippen LogP contribution in [0.15, 0.2) is 129 Å². The zero-order valence-electron chi connectivity index (χ0n) is 24.2. The van der Waals surface area contributed by atoms with Crippen LogP contribution in [0.4, 0.5) is 0 Å². The second-order valence-electron chi connectivity index (χ2n) is 12.8. The van der Waals surface area contributed by atoms with Gasteiger partial charge in [-0.25, -0.2) is 0 Å². The molecule has 0 fully saturated rings. The Bertz CT molecular complexity index is 3220. The SMILES string of the molecule is c1ccc2c(c1)oc1c3c4c(cc12)-n1c2oc5ccccc5c2c2cccc(c21)B4n1c2c-3cccc2c2oc3ccccc3c21. The van der Waals surface area contributed by atoms with E-state index < -0.39 is 0 Å². The molecule has 6 aromatic carbocycles. The van der Waals surface area contributed by atoms with Crippen molar-refractivity contribution in [3.05, 3.63) is 115 Å². The molecule has 2 aliphatic heterocycles. The topological polar surface area (TPSA) is 49.3 Å². The molecule has 7 heterocycles. The standard InChI is InChI=1S/C40H19BN2O3/c1-4-16-29-20(9-1)26-19-28-34-33(38(26)44-29)24-12-7-14-25-35(24)43(37-22-11-3-6-18-31(22)45-39(25)37)41(34)27-15-8-13-23-32-21-10-2-5-17-30(21)46-40(32)42(28)36(23)27/h1-19H. The minimum atomic E-state index is -0.0972. The van der Waals surface area contributed by atoms with E-state index in [2.05, 4.69) is 106 Å². The number of hydrogen-bond donors (Lipinski definition) is 0. The van der Waals surface area contributed by atoms with Gasteiger partial charge in [-0.1, -0.05) is 78.9 Å². The van der Waals surface area contributed by atoms with Crippen molar-refractivity contribution in [3.63, 3.8) is 0 Å². The van der Waals surface area contributed by atoms with Gasteiger partial charge in [0.15, 0.2) is 5.58 Å². The van der Waals surface area contributed by atoms with Crippen molar-refractivity contribution in [1.29, 1.82) is 0 Å². The van der Waals surface area contributed by atoms with E-state index in [0.29, 0.717) is 0 Å². The lowest BCUT2D eigenvalue weighted by atomic mass is 9.45. The summed E-state index contributed by atoms with van der Waals surface area (Å²) in [5.41, 5.74) is 14.9. The molecule has 0 saturated heterocycles. The fraction of sp³-hybridized carbons (Fsp3) is 0. The van der Waals surface area contributed by atoms with Crippen molar-refractivity contribution in [2.75, 3.05) is 0 Å². The van der Waals surface area contributed by atoms with Crippen LogP contribution in [0.3, 0.4) is 0 Å². The lowest BCUT2D eigenvalue weighted by molar-refractivity contribution is 0.645. The van der Waals surface area contributed by atoms with Crippen molar-refractivity contribution in [2.45, 2.75) is 0 Å². The van der Waals surface area contributed by atoms with Gasteiger partial charge in [-0.15, -0.1) is 0 Å². The Morgan fingerprint density at radius 1 is 0.500 bits per heavy atom. The molecule has 0 unspecified atom stereocenters. The van der Waals surface area contributed by atoms with Crippen molar-refractivity contribution >= 4 is 106 Å². The average molecular weight is 586 g/mol. The number of aromatic nitrogens is 2. The molecule has 0 amide bonds. The maximum atomic E-state index is 6.81.